The van der Waals surface area contributed by atoms with E-state index in [0.717, 1.165) is 17.8 Å². The Balaban J connectivity index is 1.20. The zero-order valence-electron chi connectivity index (χ0n) is 16.8. The quantitative estimate of drug-likeness (QED) is 0.716. The van der Waals surface area contributed by atoms with Gasteiger partial charge in [-0.1, -0.05) is 0 Å². The predicted octanol–water partition coefficient (Wildman–Crippen LogP) is 5.33. The highest BCUT2D eigenvalue weighted by molar-refractivity contribution is 5.91. The molecule has 29 heavy (non-hydrogen) atoms. The zero-order valence-corrected chi connectivity index (χ0v) is 16.8. The molecule has 4 fully saturated rings. The summed E-state index contributed by atoms with van der Waals surface area (Å²) >= 11 is 0. The lowest BCUT2D eigenvalue weighted by atomic mass is 9.48. The van der Waals surface area contributed by atoms with Gasteiger partial charge in [0.1, 0.15) is 23.9 Å². The van der Waals surface area contributed by atoms with Crippen LogP contribution < -0.4 is 10.1 Å². The number of nitrogens with one attached hydrogen (secondary N) is 1. The Morgan fingerprint density at radius 1 is 1.10 bits per heavy atom. The first-order chi connectivity index (χ1) is 14.0. The summed E-state index contributed by atoms with van der Waals surface area (Å²) in [5.74, 6) is 3.58. The summed E-state index contributed by atoms with van der Waals surface area (Å²) in [6.07, 6.45) is 7.97. The SMILES string of the molecule is CC(NC(=O)c1ccc(COc2ccc(F)cc2)o1)C12CC3CC(CC(C3)C1)C2. The number of benzene rings is 1. The van der Waals surface area contributed by atoms with Gasteiger partial charge in [-0.05, 0) is 105 Å². The fraction of sp³-hybridized carbons (Fsp3) is 0.542. The second kappa shape index (κ2) is 7.19. The van der Waals surface area contributed by atoms with Crippen molar-refractivity contribution in [2.75, 3.05) is 0 Å². The van der Waals surface area contributed by atoms with E-state index >= 15 is 0 Å². The molecular weight excluding hydrogens is 369 g/mol. The van der Waals surface area contributed by atoms with Gasteiger partial charge in [-0.3, -0.25) is 4.79 Å². The third kappa shape index (κ3) is 3.67. The molecule has 1 heterocycles. The van der Waals surface area contributed by atoms with Crippen LogP contribution in [0.3, 0.4) is 0 Å². The molecular formula is C24H28FNO3. The van der Waals surface area contributed by atoms with Crippen LogP contribution in [0, 0.1) is 29.0 Å². The number of hydrogen-bond donors (Lipinski definition) is 1. The van der Waals surface area contributed by atoms with Crippen molar-refractivity contribution < 1.29 is 18.3 Å². The van der Waals surface area contributed by atoms with E-state index in [1.165, 1.54) is 50.7 Å². The summed E-state index contributed by atoms with van der Waals surface area (Å²) in [7, 11) is 0. The first kappa shape index (κ1) is 18.7. The Bertz CT molecular complexity index is 853. The molecule has 6 rings (SSSR count). The average Bonchev–Trinajstić information content (AvgIpc) is 3.16. The first-order valence-corrected chi connectivity index (χ1v) is 10.8. The van der Waals surface area contributed by atoms with E-state index in [-0.39, 0.29) is 29.8 Å². The van der Waals surface area contributed by atoms with Gasteiger partial charge >= 0.3 is 0 Å². The Hall–Kier alpha value is -2.30. The van der Waals surface area contributed by atoms with Crippen LogP contribution in [0.5, 0.6) is 5.75 Å². The number of carbonyl (C=O) groups excluding carboxylic acids is 1. The van der Waals surface area contributed by atoms with E-state index in [4.69, 9.17) is 9.15 Å². The van der Waals surface area contributed by atoms with Crippen molar-refractivity contribution in [3.8, 4) is 5.75 Å². The Morgan fingerprint density at radius 2 is 1.72 bits per heavy atom. The van der Waals surface area contributed by atoms with E-state index in [0.29, 0.717) is 17.3 Å². The molecule has 1 aromatic heterocycles. The number of ether oxygens (including phenoxy) is 1. The first-order valence-electron chi connectivity index (χ1n) is 10.8. The van der Waals surface area contributed by atoms with Gasteiger partial charge in [0.25, 0.3) is 5.91 Å². The smallest absolute Gasteiger partial charge is 0.287 e. The second-order valence-corrected chi connectivity index (χ2v) is 9.48. The molecule has 154 valence electrons. The van der Waals surface area contributed by atoms with Gasteiger partial charge in [-0.25, -0.2) is 4.39 Å². The minimum Gasteiger partial charge on any atom is -0.486 e. The summed E-state index contributed by atoms with van der Waals surface area (Å²) in [6.45, 7) is 2.37. The van der Waals surface area contributed by atoms with Gasteiger partial charge < -0.3 is 14.5 Å². The van der Waals surface area contributed by atoms with E-state index in [9.17, 15) is 9.18 Å². The molecule has 4 nitrogen and oxygen atoms in total. The third-order valence-corrected chi connectivity index (χ3v) is 7.43. The van der Waals surface area contributed by atoms with Crippen LogP contribution in [0.15, 0.2) is 40.8 Å². The molecule has 4 bridgehead atoms. The monoisotopic (exact) mass is 397 g/mol. The molecule has 0 radical (unpaired) electrons. The van der Waals surface area contributed by atoms with Gasteiger partial charge in [0.15, 0.2) is 5.76 Å². The van der Waals surface area contributed by atoms with Gasteiger partial charge in [-0.2, -0.15) is 0 Å². The molecule has 0 spiro atoms. The summed E-state index contributed by atoms with van der Waals surface area (Å²) in [4.78, 5) is 12.8. The van der Waals surface area contributed by atoms with Crippen LogP contribution in [-0.4, -0.2) is 11.9 Å². The van der Waals surface area contributed by atoms with Crippen LogP contribution in [0.2, 0.25) is 0 Å². The van der Waals surface area contributed by atoms with Crippen LogP contribution >= 0.6 is 0 Å². The maximum absolute atomic E-state index is 13.0. The van der Waals surface area contributed by atoms with Crippen molar-refractivity contribution in [1.29, 1.82) is 0 Å². The van der Waals surface area contributed by atoms with Crippen molar-refractivity contribution in [3.05, 3.63) is 53.7 Å². The molecule has 1 unspecified atom stereocenters. The molecule has 4 aliphatic carbocycles. The molecule has 0 aliphatic heterocycles. The molecule has 2 aromatic rings. The highest BCUT2D eigenvalue weighted by Crippen LogP contribution is 2.61. The second-order valence-electron chi connectivity index (χ2n) is 9.48. The van der Waals surface area contributed by atoms with Gasteiger partial charge in [-0.15, -0.1) is 0 Å². The van der Waals surface area contributed by atoms with Crippen LogP contribution in [-0.2, 0) is 6.61 Å². The van der Waals surface area contributed by atoms with Crippen LogP contribution in [0.25, 0.3) is 0 Å². The molecule has 1 N–H and O–H groups in total. The topological polar surface area (TPSA) is 51.5 Å². The Kier molecular flexibility index (Phi) is 4.64. The highest BCUT2D eigenvalue weighted by Gasteiger charge is 2.53. The maximum Gasteiger partial charge on any atom is 0.287 e. The molecule has 5 heteroatoms. The fourth-order valence-corrected chi connectivity index (χ4v) is 6.39. The summed E-state index contributed by atoms with van der Waals surface area (Å²) < 4.78 is 24.3. The molecule has 4 aliphatic rings. The van der Waals surface area contributed by atoms with Crippen molar-refractivity contribution in [1.82, 2.24) is 5.32 Å². The number of amides is 1. The van der Waals surface area contributed by atoms with Crippen molar-refractivity contribution in [2.24, 2.45) is 23.2 Å². The van der Waals surface area contributed by atoms with Gasteiger partial charge in [0.05, 0.1) is 0 Å². The van der Waals surface area contributed by atoms with E-state index < -0.39 is 0 Å². The lowest BCUT2D eigenvalue weighted by Crippen LogP contribution is -2.55. The van der Waals surface area contributed by atoms with E-state index in [1.54, 1.807) is 24.3 Å². The third-order valence-electron chi connectivity index (χ3n) is 7.43. The molecule has 4 saturated carbocycles. The summed E-state index contributed by atoms with van der Waals surface area (Å²) in [5, 5.41) is 3.23. The average molecular weight is 397 g/mol. The summed E-state index contributed by atoms with van der Waals surface area (Å²) in [5.41, 5.74) is 0.269. The molecule has 1 aromatic carbocycles. The summed E-state index contributed by atoms with van der Waals surface area (Å²) in [6, 6.07) is 9.45. The largest absolute Gasteiger partial charge is 0.486 e. The van der Waals surface area contributed by atoms with E-state index in [1.807, 2.05) is 0 Å². The fourth-order valence-electron chi connectivity index (χ4n) is 6.39. The highest BCUT2D eigenvalue weighted by atomic mass is 19.1. The predicted molar refractivity (Wildman–Crippen MR) is 107 cm³/mol. The number of furan rings is 1. The van der Waals surface area contributed by atoms with Gasteiger partial charge in [0, 0.05) is 6.04 Å². The standard InChI is InChI=1S/C24H28FNO3/c1-15(24-11-16-8-17(12-24)10-18(9-16)13-24)26-23(27)22-7-6-21(29-22)14-28-20-4-2-19(25)3-5-20/h2-7,15-18H,8-14H2,1H3,(H,26,27). The van der Waals surface area contributed by atoms with Crippen molar-refractivity contribution >= 4 is 5.91 Å². The number of hydrogen-bond acceptors (Lipinski definition) is 3. The number of rotatable bonds is 6. The molecule has 1 amide bonds. The van der Waals surface area contributed by atoms with Gasteiger partial charge in [0.2, 0.25) is 0 Å². The molecule has 1 atom stereocenters. The minimum atomic E-state index is -0.303. The van der Waals surface area contributed by atoms with Crippen LogP contribution in [0.1, 0.15) is 61.8 Å². The normalized spacial score (nSPS) is 30.9. The maximum atomic E-state index is 13.0. The van der Waals surface area contributed by atoms with E-state index in [2.05, 4.69) is 12.2 Å². The molecule has 0 saturated heterocycles. The minimum absolute atomic E-state index is 0.152. The Morgan fingerprint density at radius 3 is 2.34 bits per heavy atom. The number of carbonyl (C=O) groups is 1. The van der Waals surface area contributed by atoms with Crippen molar-refractivity contribution in [3.63, 3.8) is 0 Å². The van der Waals surface area contributed by atoms with Crippen LogP contribution in [0.4, 0.5) is 4.39 Å². The van der Waals surface area contributed by atoms with Crippen molar-refractivity contribution in [2.45, 2.75) is 58.1 Å². The lowest BCUT2D eigenvalue weighted by molar-refractivity contribution is -0.0688. The Labute approximate surface area is 170 Å². The lowest BCUT2D eigenvalue weighted by Gasteiger charge is -2.59. The number of halogens is 1. The zero-order chi connectivity index (χ0) is 20.0.